The first kappa shape index (κ1) is 18.4. The lowest BCUT2D eigenvalue weighted by molar-refractivity contribution is 0.378. The van der Waals surface area contributed by atoms with Crippen molar-refractivity contribution in [3.8, 4) is 10.7 Å². The van der Waals surface area contributed by atoms with Crippen molar-refractivity contribution >= 4 is 44.7 Å². The summed E-state index contributed by atoms with van der Waals surface area (Å²) in [5.41, 5.74) is 1.07. The summed E-state index contributed by atoms with van der Waals surface area (Å²) in [7, 11) is 1.79. The molecule has 0 aliphatic rings. The van der Waals surface area contributed by atoms with Crippen molar-refractivity contribution in [3.05, 3.63) is 44.2 Å². The Bertz CT molecular complexity index is 1140. The number of thioether (sulfide) groups is 1. The summed E-state index contributed by atoms with van der Waals surface area (Å²) in [6.45, 7) is 4.02. The largest absolute Gasteiger partial charge is 0.339 e. The number of aryl methyl sites for hydroxylation is 3. The Kier molecular flexibility index (Phi) is 5.16. The van der Waals surface area contributed by atoms with Gasteiger partial charge in [0.2, 0.25) is 11.7 Å². The van der Waals surface area contributed by atoms with Gasteiger partial charge in [-0.3, -0.25) is 9.36 Å². The second-order valence-corrected chi connectivity index (χ2v) is 9.38. The Morgan fingerprint density at radius 3 is 2.93 bits per heavy atom. The van der Waals surface area contributed by atoms with Crippen LogP contribution in [0.2, 0.25) is 0 Å². The van der Waals surface area contributed by atoms with Crippen LogP contribution in [-0.2, 0) is 13.5 Å². The van der Waals surface area contributed by atoms with E-state index in [2.05, 4.69) is 10.1 Å². The Labute approximate surface area is 168 Å². The van der Waals surface area contributed by atoms with E-state index in [0.717, 1.165) is 42.9 Å². The van der Waals surface area contributed by atoms with Crippen molar-refractivity contribution in [2.24, 2.45) is 7.05 Å². The third-order valence-corrected chi connectivity index (χ3v) is 7.43. The van der Waals surface area contributed by atoms with Crippen LogP contribution in [-0.4, -0.2) is 25.4 Å². The number of rotatable bonds is 6. The van der Waals surface area contributed by atoms with Crippen LogP contribution < -0.4 is 5.56 Å². The monoisotopic (exact) mass is 418 g/mol. The van der Waals surface area contributed by atoms with Gasteiger partial charge in [-0.25, -0.2) is 4.98 Å². The molecule has 0 unspecified atom stereocenters. The number of hydrogen-bond acceptors (Lipinski definition) is 8. The molecule has 0 aliphatic carbocycles. The summed E-state index contributed by atoms with van der Waals surface area (Å²) in [4.78, 5) is 24.7. The van der Waals surface area contributed by atoms with Gasteiger partial charge in [0.15, 0.2) is 5.16 Å². The molecule has 27 heavy (non-hydrogen) atoms. The lowest BCUT2D eigenvalue weighted by Crippen LogP contribution is -2.19. The fourth-order valence-electron chi connectivity index (χ4n) is 2.73. The topological polar surface area (TPSA) is 73.8 Å². The number of nitrogens with zero attached hydrogens (tertiary/aromatic N) is 4. The molecule has 0 bridgehead atoms. The molecule has 0 saturated heterocycles. The minimum Gasteiger partial charge on any atom is -0.339 e. The molecule has 4 aromatic heterocycles. The molecule has 4 rings (SSSR count). The highest BCUT2D eigenvalue weighted by molar-refractivity contribution is 7.99. The summed E-state index contributed by atoms with van der Waals surface area (Å²) in [5, 5.41) is 7.52. The molecule has 0 spiro atoms. The van der Waals surface area contributed by atoms with Crippen LogP contribution in [0.3, 0.4) is 0 Å². The van der Waals surface area contributed by atoms with E-state index in [1.807, 2.05) is 31.4 Å². The van der Waals surface area contributed by atoms with Crippen LogP contribution in [0, 0.1) is 13.8 Å². The van der Waals surface area contributed by atoms with E-state index in [1.165, 1.54) is 0 Å². The fraction of sp³-hybridized carbons (Fsp3) is 0.333. The normalized spacial score (nSPS) is 11.5. The van der Waals surface area contributed by atoms with Crippen molar-refractivity contribution in [2.45, 2.75) is 31.8 Å². The second-order valence-electron chi connectivity index (χ2n) is 6.16. The first-order valence-electron chi connectivity index (χ1n) is 8.50. The highest BCUT2D eigenvalue weighted by Crippen LogP contribution is 2.28. The summed E-state index contributed by atoms with van der Waals surface area (Å²) in [6, 6.07) is 3.95. The van der Waals surface area contributed by atoms with E-state index in [9.17, 15) is 4.79 Å². The third kappa shape index (κ3) is 3.59. The standard InChI is InChI=1S/C18H18N4O2S3/c1-10-11(2)27-16-14(10)17(23)22(3)18(20-16)26-9-5-7-13-19-15(21-24-13)12-6-4-8-25-12/h4,6,8H,5,7,9H2,1-3H3. The van der Waals surface area contributed by atoms with Crippen molar-refractivity contribution in [2.75, 3.05) is 5.75 Å². The van der Waals surface area contributed by atoms with E-state index in [-0.39, 0.29) is 5.56 Å². The van der Waals surface area contributed by atoms with Crippen LogP contribution in [0.1, 0.15) is 22.8 Å². The van der Waals surface area contributed by atoms with Gasteiger partial charge in [-0.15, -0.1) is 22.7 Å². The van der Waals surface area contributed by atoms with E-state index in [0.29, 0.717) is 18.1 Å². The van der Waals surface area contributed by atoms with E-state index in [1.54, 1.807) is 46.1 Å². The highest BCUT2D eigenvalue weighted by atomic mass is 32.2. The Morgan fingerprint density at radius 1 is 1.30 bits per heavy atom. The molecule has 0 saturated carbocycles. The molecule has 6 nitrogen and oxygen atoms in total. The quantitative estimate of drug-likeness (QED) is 0.262. The molecule has 4 heterocycles. The first-order valence-corrected chi connectivity index (χ1v) is 11.2. The maximum atomic E-state index is 12.6. The molecule has 0 amide bonds. The summed E-state index contributed by atoms with van der Waals surface area (Å²) in [5.74, 6) is 2.11. The third-order valence-electron chi connectivity index (χ3n) is 4.35. The average Bonchev–Trinajstić information content (AvgIpc) is 3.37. The van der Waals surface area contributed by atoms with Gasteiger partial charge in [0.05, 0.1) is 10.3 Å². The maximum absolute atomic E-state index is 12.6. The molecular weight excluding hydrogens is 400 g/mol. The molecule has 4 aromatic rings. The SMILES string of the molecule is Cc1sc2nc(SCCCc3nc(-c4cccs4)no3)n(C)c(=O)c2c1C. The zero-order chi connectivity index (χ0) is 19.0. The zero-order valence-corrected chi connectivity index (χ0v) is 17.6. The predicted octanol–water partition coefficient (Wildman–Crippen LogP) is 4.45. The van der Waals surface area contributed by atoms with Gasteiger partial charge in [0.25, 0.3) is 5.56 Å². The number of hydrogen-bond donors (Lipinski definition) is 0. The van der Waals surface area contributed by atoms with Gasteiger partial charge in [-0.2, -0.15) is 4.98 Å². The van der Waals surface area contributed by atoms with Gasteiger partial charge in [-0.1, -0.05) is 23.0 Å². The molecule has 0 aromatic carbocycles. The Hall–Kier alpha value is -1.97. The van der Waals surface area contributed by atoms with Gasteiger partial charge >= 0.3 is 0 Å². The molecular formula is C18H18N4O2S3. The summed E-state index contributed by atoms with van der Waals surface area (Å²) in [6.07, 6.45) is 1.58. The second kappa shape index (κ2) is 7.57. The van der Waals surface area contributed by atoms with E-state index >= 15 is 0 Å². The van der Waals surface area contributed by atoms with Gasteiger partial charge in [-0.05, 0) is 37.3 Å². The van der Waals surface area contributed by atoms with Gasteiger partial charge in [0, 0.05) is 24.1 Å². The number of aromatic nitrogens is 4. The average molecular weight is 419 g/mol. The minimum absolute atomic E-state index is 0.0295. The maximum Gasteiger partial charge on any atom is 0.262 e. The fourth-order valence-corrected chi connectivity index (χ4v) is 5.36. The van der Waals surface area contributed by atoms with Crippen LogP contribution in [0.25, 0.3) is 20.9 Å². The Balaban J connectivity index is 1.41. The number of thiophene rings is 2. The van der Waals surface area contributed by atoms with Crippen molar-refractivity contribution in [1.29, 1.82) is 0 Å². The van der Waals surface area contributed by atoms with Crippen LogP contribution in [0.5, 0.6) is 0 Å². The minimum atomic E-state index is 0.0295. The molecule has 0 aliphatic heterocycles. The first-order chi connectivity index (χ1) is 13.0. The zero-order valence-electron chi connectivity index (χ0n) is 15.2. The molecule has 140 valence electrons. The lowest BCUT2D eigenvalue weighted by atomic mass is 10.2. The van der Waals surface area contributed by atoms with Crippen molar-refractivity contribution in [1.82, 2.24) is 19.7 Å². The van der Waals surface area contributed by atoms with Crippen molar-refractivity contribution in [3.63, 3.8) is 0 Å². The molecule has 9 heteroatoms. The lowest BCUT2D eigenvalue weighted by Gasteiger charge is -2.06. The van der Waals surface area contributed by atoms with E-state index in [4.69, 9.17) is 9.51 Å². The molecule has 0 atom stereocenters. The summed E-state index contributed by atoms with van der Waals surface area (Å²) < 4.78 is 6.97. The van der Waals surface area contributed by atoms with Crippen molar-refractivity contribution < 1.29 is 4.52 Å². The van der Waals surface area contributed by atoms with Crippen LogP contribution in [0.15, 0.2) is 32.0 Å². The smallest absolute Gasteiger partial charge is 0.262 e. The summed E-state index contributed by atoms with van der Waals surface area (Å²) >= 11 is 4.76. The van der Waals surface area contributed by atoms with Crippen LogP contribution in [0.4, 0.5) is 0 Å². The molecule has 0 fully saturated rings. The highest BCUT2D eigenvalue weighted by Gasteiger charge is 2.15. The molecule has 0 radical (unpaired) electrons. The number of fused-ring (bicyclic) bond motifs is 1. The van der Waals surface area contributed by atoms with Gasteiger partial charge in [0.1, 0.15) is 4.83 Å². The Morgan fingerprint density at radius 2 is 2.15 bits per heavy atom. The predicted molar refractivity (Wildman–Crippen MR) is 111 cm³/mol. The van der Waals surface area contributed by atoms with Gasteiger partial charge < -0.3 is 4.52 Å². The van der Waals surface area contributed by atoms with E-state index < -0.39 is 0 Å². The molecule has 0 N–H and O–H groups in total. The van der Waals surface area contributed by atoms with Crippen LogP contribution >= 0.6 is 34.4 Å².